The summed E-state index contributed by atoms with van der Waals surface area (Å²) in [4.78, 5) is 0. The van der Waals surface area contributed by atoms with Crippen molar-refractivity contribution in [2.75, 3.05) is 13.1 Å². The molecule has 3 N–H and O–H groups in total. The molecule has 0 aliphatic heterocycles. The van der Waals surface area contributed by atoms with Crippen LogP contribution in [-0.4, -0.2) is 26.8 Å². The van der Waals surface area contributed by atoms with Gasteiger partial charge in [-0.25, -0.2) is 13.1 Å². The maximum atomic E-state index is 11.8. The number of hydrogen-bond donors (Lipinski definition) is 2. The molecule has 0 bridgehead atoms. The largest absolute Gasteiger partial charge is 0.329 e. The molecule has 96 valence electrons. The monoisotopic (exact) mass is 248 g/mol. The van der Waals surface area contributed by atoms with E-state index in [1.54, 1.807) is 0 Å². The van der Waals surface area contributed by atoms with Crippen LogP contribution >= 0.6 is 0 Å². The van der Waals surface area contributed by atoms with Crippen LogP contribution in [0.5, 0.6) is 0 Å². The van der Waals surface area contributed by atoms with E-state index in [-0.39, 0.29) is 6.54 Å². The van der Waals surface area contributed by atoms with Crippen LogP contribution in [0.25, 0.3) is 0 Å². The summed E-state index contributed by atoms with van der Waals surface area (Å²) in [6, 6.07) is 0. The maximum Gasteiger partial charge on any atom is 0.215 e. The van der Waals surface area contributed by atoms with Gasteiger partial charge >= 0.3 is 0 Å². The molecule has 0 amide bonds. The molecule has 0 heterocycles. The van der Waals surface area contributed by atoms with Gasteiger partial charge in [0.2, 0.25) is 10.0 Å². The SMILES string of the molecule is CCC(CN)S(=O)(=O)NCC1CCC(C)C1. The molecule has 1 fully saturated rings. The normalized spacial score (nSPS) is 28.2. The van der Waals surface area contributed by atoms with Gasteiger partial charge in [-0.2, -0.15) is 0 Å². The van der Waals surface area contributed by atoms with Gasteiger partial charge in [-0.3, -0.25) is 0 Å². The molecule has 0 radical (unpaired) electrons. The van der Waals surface area contributed by atoms with Gasteiger partial charge in [0, 0.05) is 13.1 Å². The molecule has 1 aliphatic rings. The van der Waals surface area contributed by atoms with E-state index in [0.717, 1.165) is 18.8 Å². The average Bonchev–Trinajstić information content (AvgIpc) is 2.63. The minimum absolute atomic E-state index is 0.201. The predicted molar refractivity (Wildman–Crippen MR) is 66.6 cm³/mol. The van der Waals surface area contributed by atoms with E-state index in [0.29, 0.717) is 18.9 Å². The van der Waals surface area contributed by atoms with Crippen molar-refractivity contribution >= 4 is 10.0 Å². The first-order valence-corrected chi connectivity index (χ1v) is 7.72. The summed E-state index contributed by atoms with van der Waals surface area (Å²) in [7, 11) is -3.20. The van der Waals surface area contributed by atoms with Crippen LogP contribution in [0.4, 0.5) is 0 Å². The highest BCUT2D eigenvalue weighted by atomic mass is 32.2. The van der Waals surface area contributed by atoms with E-state index in [4.69, 9.17) is 5.73 Å². The number of nitrogens with one attached hydrogen (secondary N) is 1. The molecular formula is C11H24N2O2S. The van der Waals surface area contributed by atoms with Gasteiger partial charge in [-0.15, -0.1) is 0 Å². The van der Waals surface area contributed by atoms with Crippen molar-refractivity contribution in [1.82, 2.24) is 4.72 Å². The first kappa shape index (κ1) is 13.9. The van der Waals surface area contributed by atoms with Crippen LogP contribution in [0.15, 0.2) is 0 Å². The Morgan fingerprint density at radius 1 is 1.44 bits per heavy atom. The molecule has 1 aliphatic carbocycles. The van der Waals surface area contributed by atoms with Crippen molar-refractivity contribution in [3.63, 3.8) is 0 Å². The fraction of sp³-hybridized carbons (Fsp3) is 1.00. The zero-order valence-electron chi connectivity index (χ0n) is 10.3. The number of rotatable bonds is 6. The van der Waals surface area contributed by atoms with Gasteiger partial charge in [0.15, 0.2) is 0 Å². The lowest BCUT2D eigenvalue weighted by atomic mass is 10.1. The van der Waals surface area contributed by atoms with Gasteiger partial charge in [0.05, 0.1) is 5.25 Å². The Hall–Kier alpha value is -0.130. The Bertz CT molecular complexity index is 299. The molecule has 0 aromatic carbocycles. The summed E-state index contributed by atoms with van der Waals surface area (Å²) in [6.45, 7) is 4.87. The van der Waals surface area contributed by atoms with E-state index in [1.165, 1.54) is 6.42 Å². The van der Waals surface area contributed by atoms with E-state index in [2.05, 4.69) is 11.6 Å². The average molecular weight is 248 g/mol. The van der Waals surface area contributed by atoms with Gasteiger partial charge < -0.3 is 5.73 Å². The first-order chi connectivity index (χ1) is 7.49. The summed E-state index contributed by atoms with van der Waals surface area (Å²) < 4.78 is 26.4. The molecule has 1 rings (SSSR count). The van der Waals surface area contributed by atoms with Crippen molar-refractivity contribution in [1.29, 1.82) is 0 Å². The van der Waals surface area contributed by atoms with Gasteiger partial charge in [0.1, 0.15) is 0 Å². The fourth-order valence-corrected chi connectivity index (χ4v) is 3.77. The van der Waals surface area contributed by atoms with Gasteiger partial charge in [-0.05, 0) is 31.1 Å². The van der Waals surface area contributed by atoms with Crippen LogP contribution < -0.4 is 10.5 Å². The second kappa shape index (κ2) is 5.98. The second-order valence-corrected chi connectivity index (χ2v) is 6.99. The third kappa shape index (κ3) is 3.71. The standard InChI is InChI=1S/C11H24N2O2S/c1-3-11(7-12)16(14,15)13-8-10-5-4-9(2)6-10/h9-11,13H,3-8,12H2,1-2H3. The van der Waals surface area contributed by atoms with E-state index >= 15 is 0 Å². The number of nitrogens with two attached hydrogens (primary N) is 1. The van der Waals surface area contributed by atoms with Crippen molar-refractivity contribution < 1.29 is 8.42 Å². The minimum atomic E-state index is -3.20. The highest BCUT2D eigenvalue weighted by Crippen LogP contribution is 2.29. The van der Waals surface area contributed by atoms with Crippen molar-refractivity contribution in [2.45, 2.75) is 44.8 Å². The zero-order valence-corrected chi connectivity index (χ0v) is 11.1. The molecule has 3 atom stereocenters. The van der Waals surface area contributed by atoms with Crippen LogP contribution in [0.3, 0.4) is 0 Å². The highest BCUT2D eigenvalue weighted by Gasteiger charge is 2.26. The Kier molecular flexibility index (Phi) is 5.21. The lowest BCUT2D eigenvalue weighted by Gasteiger charge is -2.17. The van der Waals surface area contributed by atoms with Crippen LogP contribution in [-0.2, 0) is 10.0 Å². The second-order valence-electron chi connectivity index (χ2n) is 4.94. The van der Waals surface area contributed by atoms with Crippen LogP contribution in [0, 0.1) is 11.8 Å². The molecule has 4 nitrogen and oxygen atoms in total. The number of sulfonamides is 1. The predicted octanol–water partition coefficient (Wildman–Crippen LogP) is 1.08. The molecule has 0 saturated heterocycles. The third-order valence-corrected chi connectivity index (χ3v) is 5.51. The van der Waals surface area contributed by atoms with E-state index in [1.807, 2.05) is 6.92 Å². The molecular weight excluding hydrogens is 224 g/mol. The maximum absolute atomic E-state index is 11.8. The summed E-state index contributed by atoms with van der Waals surface area (Å²) in [5, 5.41) is -0.439. The third-order valence-electron chi connectivity index (χ3n) is 3.53. The van der Waals surface area contributed by atoms with Crippen LogP contribution in [0.1, 0.15) is 39.5 Å². The molecule has 0 aromatic heterocycles. The molecule has 0 aromatic rings. The molecule has 0 spiro atoms. The smallest absolute Gasteiger partial charge is 0.215 e. The Labute approximate surface area is 99.0 Å². The van der Waals surface area contributed by atoms with Crippen molar-refractivity contribution in [3.8, 4) is 0 Å². The summed E-state index contributed by atoms with van der Waals surface area (Å²) in [5.41, 5.74) is 5.46. The first-order valence-electron chi connectivity index (χ1n) is 6.18. The van der Waals surface area contributed by atoms with E-state index in [9.17, 15) is 8.42 Å². The van der Waals surface area contributed by atoms with Crippen molar-refractivity contribution in [3.05, 3.63) is 0 Å². The van der Waals surface area contributed by atoms with E-state index < -0.39 is 15.3 Å². The lowest BCUT2D eigenvalue weighted by Crippen LogP contribution is -2.40. The Morgan fingerprint density at radius 3 is 2.56 bits per heavy atom. The topological polar surface area (TPSA) is 72.2 Å². The lowest BCUT2D eigenvalue weighted by molar-refractivity contribution is 0.493. The quantitative estimate of drug-likeness (QED) is 0.739. The molecule has 1 saturated carbocycles. The fourth-order valence-electron chi connectivity index (χ4n) is 2.37. The number of hydrogen-bond acceptors (Lipinski definition) is 3. The Morgan fingerprint density at radius 2 is 2.12 bits per heavy atom. The van der Waals surface area contributed by atoms with Gasteiger partial charge in [-0.1, -0.05) is 20.3 Å². The van der Waals surface area contributed by atoms with Crippen LogP contribution in [0.2, 0.25) is 0 Å². The summed E-state index contributed by atoms with van der Waals surface area (Å²) in [5.74, 6) is 1.26. The molecule has 5 heteroatoms. The molecule has 16 heavy (non-hydrogen) atoms. The van der Waals surface area contributed by atoms with Gasteiger partial charge in [0.25, 0.3) is 0 Å². The summed E-state index contributed by atoms with van der Waals surface area (Å²) in [6.07, 6.45) is 4.08. The molecule has 3 unspecified atom stereocenters. The Balaban J connectivity index is 2.41. The van der Waals surface area contributed by atoms with Crippen molar-refractivity contribution in [2.24, 2.45) is 17.6 Å². The summed E-state index contributed by atoms with van der Waals surface area (Å²) >= 11 is 0. The zero-order chi connectivity index (χ0) is 12.2. The highest BCUT2D eigenvalue weighted by molar-refractivity contribution is 7.90. The minimum Gasteiger partial charge on any atom is -0.329 e.